The van der Waals surface area contributed by atoms with Gasteiger partial charge in [0.05, 0.1) is 65.4 Å². The highest BCUT2D eigenvalue weighted by atomic mass is 15.7. The average molecular weight is 320 g/mol. The van der Waals surface area contributed by atoms with Crippen LogP contribution in [0.3, 0.4) is 0 Å². The molecule has 0 aromatic carbocycles. The molecule has 0 unspecified atom stereocenters. The summed E-state index contributed by atoms with van der Waals surface area (Å²) in [5, 5.41) is 0. The van der Waals surface area contributed by atoms with Crippen LogP contribution < -0.4 is 0 Å². The first-order valence-corrected chi connectivity index (χ1v) is 9.98. The molecule has 0 aromatic heterocycles. The van der Waals surface area contributed by atoms with E-state index in [4.69, 9.17) is 0 Å². The van der Waals surface area contributed by atoms with E-state index in [9.17, 15) is 0 Å². The summed E-state index contributed by atoms with van der Waals surface area (Å²) in [7, 11) is 0. The van der Waals surface area contributed by atoms with Crippen molar-refractivity contribution in [3.05, 3.63) is 0 Å². The molecule has 23 heavy (non-hydrogen) atoms. The summed E-state index contributed by atoms with van der Waals surface area (Å²) in [6.07, 6.45) is 2.98. The van der Waals surface area contributed by atoms with Crippen molar-refractivity contribution in [2.24, 2.45) is 0 Å². The largest absolute Gasteiger partial charge is 0.293 e. The van der Waals surface area contributed by atoms with E-state index in [0.29, 0.717) is 0 Å². The summed E-state index contributed by atoms with van der Waals surface area (Å²) in [4.78, 5) is 11.1. The van der Waals surface area contributed by atoms with E-state index >= 15 is 0 Å². The topological polar surface area (TPSA) is 13.0 Å². The lowest BCUT2D eigenvalue weighted by molar-refractivity contribution is -0.954. The van der Waals surface area contributed by atoms with Gasteiger partial charge < -0.3 is 0 Å². The van der Waals surface area contributed by atoms with Gasteiger partial charge in [-0.1, -0.05) is 0 Å². The summed E-state index contributed by atoms with van der Waals surface area (Å²) in [5.74, 6) is 0. The second kappa shape index (κ2) is 4.68. The van der Waals surface area contributed by atoms with Crippen LogP contribution in [0.2, 0.25) is 0 Å². The smallest absolute Gasteiger partial charge is 0.205 e. The van der Waals surface area contributed by atoms with Crippen LogP contribution in [0.15, 0.2) is 0 Å². The first kappa shape index (κ1) is 14.0. The van der Waals surface area contributed by atoms with Gasteiger partial charge in [0.2, 0.25) is 12.6 Å². The van der Waals surface area contributed by atoms with Crippen LogP contribution in [-0.2, 0) is 0 Å². The molecule has 0 saturated carbocycles. The maximum absolute atomic E-state index is 2.77. The van der Waals surface area contributed by atoms with Crippen LogP contribution in [0, 0.1) is 0 Å². The van der Waals surface area contributed by atoms with Crippen molar-refractivity contribution in [3.63, 3.8) is 0 Å². The van der Waals surface area contributed by atoms with Crippen molar-refractivity contribution in [1.82, 2.24) is 19.6 Å². The van der Waals surface area contributed by atoms with E-state index in [2.05, 4.69) is 19.6 Å². The van der Waals surface area contributed by atoms with E-state index in [1.807, 2.05) is 0 Å². The van der Waals surface area contributed by atoms with Crippen LogP contribution in [0.1, 0.15) is 6.42 Å². The van der Waals surface area contributed by atoms with Gasteiger partial charge in [0, 0.05) is 32.6 Å². The molecule has 0 atom stereocenters. The standard InChI is InChI=1S/C17H32N6/c1(10-22-12-6-18-2-3-19(7-13-22)16(18)22)11-23-14-8-20-4-5-21(9-15-23)17(20)23/h16-17H,1-15H2/q+2. The second-order valence-electron chi connectivity index (χ2n) is 8.97. The SMILES string of the molecule is C(C[N+]12CCN3CCN(CC1)C32)C[N+]12CCN3CCN(CC1)C32. The Kier molecular flexibility index (Phi) is 2.85. The van der Waals surface area contributed by atoms with Crippen LogP contribution >= 0.6 is 0 Å². The molecule has 6 heteroatoms. The summed E-state index contributed by atoms with van der Waals surface area (Å²) < 4.78 is 2.83. The molecular formula is C17H32N6+2. The maximum atomic E-state index is 2.77. The van der Waals surface area contributed by atoms with Gasteiger partial charge in [-0.2, -0.15) is 0 Å². The van der Waals surface area contributed by atoms with Crippen molar-refractivity contribution in [2.75, 3.05) is 91.6 Å². The van der Waals surface area contributed by atoms with Gasteiger partial charge in [-0.3, -0.25) is 8.97 Å². The molecule has 128 valence electrons. The highest BCUT2D eigenvalue weighted by Gasteiger charge is 2.59. The van der Waals surface area contributed by atoms with Gasteiger partial charge in [0.25, 0.3) is 0 Å². The Labute approximate surface area is 140 Å². The first-order valence-electron chi connectivity index (χ1n) is 9.98. The molecule has 6 fully saturated rings. The van der Waals surface area contributed by atoms with Crippen LogP contribution in [0.25, 0.3) is 0 Å². The maximum Gasteiger partial charge on any atom is 0.205 e. The molecule has 0 amide bonds. The molecule has 6 aliphatic rings. The molecule has 0 spiro atoms. The number of nitrogens with zero attached hydrogens (tertiary/aromatic N) is 6. The zero-order valence-electron chi connectivity index (χ0n) is 14.4. The highest BCUT2D eigenvalue weighted by Crippen LogP contribution is 2.38. The molecule has 6 saturated heterocycles. The van der Waals surface area contributed by atoms with Gasteiger partial charge in [-0.25, -0.2) is 19.6 Å². The summed E-state index contributed by atoms with van der Waals surface area (Å²) in [6.45, 7) is 19.3. The van der Waals surface area contributed by atoms with Crippen LogP contribution in [0.5, 0.6) is 0 Å². The Bertz CT molecular complexity index is 433. The fraction of sp³-hybridized carbons (Fsp3) is 1.00. The quantitative estimate of drug-likeness (QED) is 0.608. The van der Waals surface area contributed by atoms with Crippen molar-refractivity contribution in [3.8, 4) is 0 Å². The van der Waals surface area contributed by atoms with Crippen molar-refractivity contribution in [2.45, 2.75) is 19.0 Å². The van der Waals surface area contributed by atoms with E-state index in [-0.39, 0.29) is 0 Å². The Morgan fingerprint density at radius 1 is 0.522 bits per heavy atom. The van der Waals surface area contributed by atoms with Crippen LogP contribution in [0.4, 0.5) is 0 Å². The lowest BCUT2D eigenvalue weighted by atomic mass is 10.2. The third kappa shape index (κ3) is 1.75. The van der Waals surface area contributed by atoms with Gasteiger partial charge in [-0.05, 0) is 0 Å². The van der Waals surface area contributed by atoms with Crippen molar-refractivity contribution in [1.29, 1.82) is 0 Å². The van der Waals surface area contributed by atoms with E-state index in [1.165, 1.54) is 107 Å². The zero-order chi connectivity index (χ0) is 15.1. The number of hydrogen-bond acceptors (Lipinski definition) is 4. The minimum absolute atomic E-state index is 0.770. The molecule has 6 aliphatic heterocycles. The molecule has 6 nitrogen and oxygen atoms in total. The van der Waals surface area contributed by atoms with Gasteiger partial charge >= 0.3 is 0 Å². The van der Waals surface area contributed by atoms with E-state index in [0.717, 1.165) is 12.6 Å². The number of quaternary nitrogens is 2. The molecule has 6 heterocycles. The Hall–Kier alpha value is -0.240. The Morgan fingerprint density at radius 3 is 1.22 bits per heavy atom. The molecular weight excluding hydrogens is 288 g/mol. The van der Waals surface area contributed by atoms with Gasteiger partial charge in [0.1, 0.15) is 0 Å². The lowest BCUT2D eigenvalue weighted by Crippen LogP contribution is -2.56. The predicted molar refractivity (Wildman–Crippen MR) is 88.2 cm³/mol. The lowest BCUT2D eigenvalue weighted by Gasteiger charge is -2.38. The third-order valence-corrected chi connectivity index (χ3v) is 8.17. The molecule has 0 aromatic rings. The predicted octanol–water partition coefficient (Wildman–Crippen LogP) is -1.13. The minimum atomic E-state index is 0.770. The zero-order valence-corrected chi connectivity index (χ0v) is 14.4. The molecule has 0 N–H and O–H groups in total. The van der Waals surface area contributed by atoms with Crippen molar-refractivity contribution < 1.29 is 8.97 Å². The Balaban J connectivity index is 1.15. The highest BCUT2D eigenvalue weighted by molar-refractivity contribution is 4.87. The molecule has 6 rings (SSSR count). The molecule has 0 aliphatic carbocycles. The summed E-state index contributed by atoms with van der Waals surface area (Å²) >= 11 is 0. The monoisotopic (exact) mass is 320 g/mol. The number of hydrogen-bond donors (Lipinski definition) is 0. The fourth-order valence-electron chi connectivity index (χ4n) is 7.11. The molecule has 0 bridgehead atoms. The number of rotatable bonds is 4. The normalized spacial score (nSPS) is 49.6. The summed E-state index contributed by atoms with van der Waals surface area (Å²) in [5.41, 5.74) is 0. The van der Waals surface area contributed by atoms with Crippen molar-refractivity contribution >= 4 is 0 Å². The molecule has 0 radical (unpaired) electrons. The van der Waals surface area contributed by atoms with E-state index < -0.39 is 0 Å². The van der Waals surface area contributed by atoms with Gasteiger partial charge in [0.15, 0.2) is 0 Å². The minimum Gasteiger partial charge on any atom is -0.293 e. The summed E-state index contributed by atoms with van der Waals surface area (Å²) in [6, 6.07) is 0. The average Bonchev–Trinajstić information content (AvgIpc) is 3.31. The fourth-order valence-corrected chi connectivity index (χ4v) is 7.11. The Morgan fingerprint density at radius 2 is 0.870 bits per heavy atom. The second-order valence-corrected chi connectivity index (χ2v) is 8.97. The van der Waals surface area contributed by atoms with E-state index in [1.54, 1.807) is 0 Å². The van der Waals surface area contributed by atoms with Gasteiger partial charge in [-0.15, -0.1) is 0 Å². The third-order valence-electron chi connectivity index (χ3n) is 8.17. The van der Waals surface area contributed by atoms with Crippen LogP contribution in [-0.4, -0.2) is 133 Å². The first-order chi connectivity index (χ1) is 11.3.